The van der Waals surface area contributed by atoms with Gasteiger partial charge in [-0.25, -0.2) is 9.97 Å². The van der Waals surface area contributed by atoms with Crippen molar-refractivity contribution < 1.29 is 4.74 Å². The molecular weight excluding hydrogens is 372 g/mol. The first-order chi connectivity index (χ1) is 13.5. The number of anilines is 1. The lowest BCUT2D eigenvalue weighted by Crippen LogP contribution is -2.52. The SMILES string of the molecule is Cc1cc(N2CCN(C(=S)NCCCN3CCOCC3)CC2)nc(C(C)C)n1. The minimum Gasteiger partial charge on any atom is -0.379 e. The van der Waals surface area contributed by atoms with Crippen LogP contribution >= 0.6 is 12.2 Å². The molecule has 0 aliphatic carbocycles. The standard InChI is InChI=1S/C20H34N6OS/c1-16(2)19-22-17(3)15-18(23-19)25-7-9-26(10-8-25)20(28)21-5-4-6-24-11-13-27-14-12-24/h15-16H,4-14H2,1-3H3,(H,21,28). The molecule has 0 saturated carbocycles. The van der Waals surface area contributed by atoms with Gasteiger partial charge >= 0.3 is 0 Å². The Labute approximate surface area is 174 Å². The Balaban J connectivity index is 1.40. The van der Waals surface area contributed by atoms with Gasteiger partial charge in [-0.15, -0.1) is 0 Å². The number of piperazine rings is 1. The number of ether oxygens (including phenoxy) is 1. The molecule has 28 heavy (non-hydrogen) atoms. The molecule has 2 saturated heterocycles. The van der Waals surface area contributed by atoms with Gasteiger partial charge in [0.05, 0.1) is 13.2 Å². The number of hydrogen-bond acceptors (Lipinski definition) is 6. The molecule has 0 spiro atoms. The lowest BCUT2D eigenvalue weighted by Gasteiger charge is -2.37. The molecule has 2 fully saturated rings. The Kier molecular flexibility index (Phi) is 7.82. The molecule has 0 amide bonds. The molecule has 1 aromatic heterocycles. The number of morpholine rings is 1. The molecule has 8 heteroatoms. The first-order valence-corrected chi connectivity index (χ1v) is 10.9. The smallest absolute Gasteiger partial charge is 0.169 e. The Morgan fingerprint density at radius 2 is 1.86 bits per heavy atom. The van der Waals surface area contributed by atoms with Crippen LogP contribution in [0.25, 0.3) is 0 Å². The monoisotopic (exact) mass is 406 g/mol. The van der Waals surface area contributed by atoms with Crippen LogP contribution < -0.4 is 10.2 Å². The van der Waals surface area contributed by atoms with Gasteiger partial charge in [-0.3, -0.25) is 4.90 Å². The largest absolute Gasteiger partial charge is 0.379 e. The molecule has 156 valence electrons. The maximum Gasteiger partial charge on any atom is 0.169 e. The van der Waals surface area contributed by atoms with Crippen molar-refractivity contribution in [2.75, 3.05) is 70.5 Å². The van der Waals surface area contributed by atoms with Crippen LogP contribution in [-0.4, -0.2) is 90.5 Å². The molecule has 2 aliphatic rings. The van der Waals surface area contributed by atoms with Gasteiger partial charge in [0.1, 0.15) is 11.6 Å². The molecule has 0 aromatic carbocycles. The molecule has 1 aromatic rings. The third-order valence-electron chi connectivity index (χ3n) is 5.30. The summed E-state index contributed by atoms with van der Waals surface area (Å²) >= 11 is 5.61. The highest BCUT2D eigenvalue weighted by molar-refractivity contribution is 7.80. The highest BCUT2D eigenvalue weighted by Crippen LogP contribution is 2.18. The fourth-order valence-corrected chi connectivity index (χ4v) is 3.85. The number of nitrogens with zero attached hydrogens (tertiary/aromatic N) is 5. The normalized spacial score (nSPS) is 18.6. The third kappa shape index (κ3) is 5.99. The van der Waals surface area contributed by atoms with Gasteiger partial charge < -0.3 is 19.9 Å². The minimum atomic E-state index is 0.342. The van der Waals surface area contributed by atoms with E-state index in [4.69, 9.17) is 21.9 Å². The van der Waals surface area contributed by atoms with E-state index in [0.717, 1.165) is 94.4 Å². The molecule has 0 radical (unpaired) electrons. The average Bonchev–Trinajstić information content (AvgIpc) is 2.71. The highest BCUT2D eigenvalue weighted by atomic mass is 32.1. The number of aromatic nitrogens is 2. The number of rotatable bonds is 6. The number of hydrogen-bond donors (Lipinski definition) is 1. The molecule has 3 rings (SSSR count). The predicted octanol–water partition coefficient (Wildman–Crippen LogP) is 1.63. The van der Waals surface area contributed by atoms with E-state index in [0.29, 0.717) is 5.92 Å². The summed E-state index contributed by atoms with van der Waals surface area (Å²) < 4.78 is 5.39. The fourth-order valence-electron chi connectivity index (χ4n) is 3.57. The maximum atomic E-state index is 5.61. The Hall–Kier alpha value is -1.51. The lowest BCUT2D eigenvalue weighted by molar-refractivity contribution is 0.0376. The van der Waals surface area contributed by atoms with Crippen LogP contribution in [0.1, 0.15) is 37.7 Å². The molecule has 0 atom stereocenters. The van der Waals surface area contributed by atoms with E-state index in [1.165, 1.54) is 0 Å². The van der Waals surface area contributed by atoms with E-state index in [2.05, 4.69) is 44.9 Å². The van der Waals surface area contributed by atoms with Gasteiger partial charge in [0.15, 0.2) is 5.11 Å². The van der Waals surface area contributed by atoms with Crippen molar-refractivity contribution in [2.45, 2.75) is 33.1 Å². The van der Waals surface area contributed by atoms with E-state index in [1.807, 2.05) is 6.92 Å². The summed E-state index contributed by atoms with van der Waals surface area (Å²) in [4.78, 5) is 16.4. The first kappa shape index (κ1) is 21.2. The van der Waals surface area contributed by atoms with E-state index in [1.54, 1.807) is 0 Å². The van der Waals surface area contributed by atoms with Gasteiger partial charge in [-0.05, 0) is 32.1 Å². The van der Waals surface area contributed by atoms with Gasteiger partial charge in [0, 0.05) is 63.5 Å². The van der Waals surface area contributed by atoms with Crippen LogP contribution in [0.15, 0.2) is 6.07 Å². The maximum absolute atomic E-state index is 5.61. The predicted molar refractivity (Wildman–Crippen MR) is 117 cm³/mol. The van der Waals surface area contributed by atoms with Crippen molar-refractivity contribution in [3.05, 3.63) is 17.6 Å². The van der Waals surface area contributed by atoms with E-state index in [-0.39, 0.29) is 0 Å². The third-order valence-corrected chi connectivity index (χ3v) is 5.70. The minimum absolute atomic E-state index is 0.342. The second-order valence-electron chi connectivity index (χ2n) is 7.89. The summed E-state index contributed by atoms with van der Waals surface area (Å²) in [5.74, 6) is 2.31. The van der Waals surface area contributed by atoms with Crippen molar-refractivity contribution >= 4 is 23.1 Å². The summed E-state index contributed by atoms with van der Waals surface area (Å²) in [5.41, 5.74) is 1.04. The second-order valence-corrected chi connectivity index (χ2v) is 8.28. The van der Waals surface area contributed by atoms with E-state index < -0.39 is 0 Å². The molecule has 3 heterocycles. The van der Waals surface area contributed by atoms with Crippen LogP contribution in [-0.2, 0) is 4.74 Å². The summed E-state index contributed by atoms with van der Waals surface area (Å²) in [6.07, 6.45) is 1.11. The molecule has 0 unspecified atom stereocenters. The average molecular weight is 407 g/mol. The van der Waals surface area contributed by atoms with Crippen molar-refractivity contribution in [1.29, 1.82) is 0 Å². The number of aryl methyl sites for hydroxylation is 1. The van der Waals surface area contributed by atoms with Crippen LogP contribution in [0.4, 0.5) is 5.82 Å². The second kappa shape index (κ2) is 10.3. The van der Waals surface area contributed by atoms with Crippen molar-refractivity contribution in [1.82, 2.24) is 25.1 Å². The first-order valence-electron chi connectivity index (χ1n) is 10.5. The molecular formula is C20H34N6OS. The molecule has 7 nitrogen and oxygen atoms in total. The van der Waals surface area contributed by atoms with Crippen molar-refractivity contribution in [3.63, 3.8) is 0 Å². The zero-order chi connectivity index (χ0) is 19.9. The topological polar surface area (TPSA) is 56.8 Å². The highest BCUT2D eigenvalue weighted by Gasteiger charge is 2.21. The van der Waals surface area contributed by atoms with Gasteiger partial charge in [0.2, 0.25) is 0 Å². The van der Waals surface area contributed by atoms with E-state index >= 15 is 0 Å². The summed E-state index contributed by atoms with van der Waals surface area (Å²) in [6, 6.07) is 2.09. The molecule has 2 aliphatic heterocycles. The zero-order valence-electron chi connectivity index (χ0n) is 17.5. The molecule has 0 bridgehead atoms. The summed E-state index contributed by atoms with van der Waals surface area (Å²) in [5, 5.41) is 4.31. The van der Waals surface area contributed by atoms with Crippen LogP contribution in [0, 0.1) is 6.92 Å². The van der Waals surface area contributed by atoms with Crippen LogP contribution in [0.5, 0.6) is 0 Å². The van der Waals surface area contributed by atoms with Crippen LogP contribution in [0.3, 0.4) is 0 Å². The zero-order valence-corrected chi connectivity index (χ0v) is 18.3. The van der Waals surface area contributed by atoms with Gasteiger partial charge in [-0.1, -0.05) is 13.8 Å². The number of thiocarbonyl (C=S) groups is 1. The fraction of sp³-hybridized carbons (Fsp3) is 0.750. The van der Waals surface area contributed by atoms with Gasteiger partial charge in [-0.2, -0.15) is 0 Å². The van der Waals surface area contributed by atoms with Crippen LogP contribution in [0.2, 0.25) is 0 Å². The van der Waals surface area contributed by atoms with Crippen molar-refractivity contribution in [2.24, 2.45) is 0 Å². The Bertz CT molecular complexity index is 642. The quantitative estimate of drug-likeness (QED) is 0.565. The number of nitrogens with one attached hydrogen (secondary N) is 1. The Morgan fingerprint density at radius 1 is 1.14 bits per heavy atom. The van der Waals surface area contributed by atoms with Crippen molar-refractivity contribution in [3.8, 4) is 0 Å². The van der Waals surface area contributed by atoms with Gasteiger partial charge in [0.25, 0.3) is 0 Å². The Morgan fingerprint density at radius 3 is 2.54 bits per heavy atom. The van der Waals surface area contributed by atoms with E-state index in [9.17, 15) is 0 Å². The lowest BCUT2D eigenvalue weighted by atomic mass is 10.2. The summed E-state index contributed by atoms with van der Waals surface area (Å²) in [7, 11) is 0. The summed E-state index contributed by atoms with van der Waals surface area (Å²) in [6.45, 7) is 15.9. The molecule has 1 N–H and O–H groups in total.